The summed E-state index contributed by atoms with van der Waals surface area (Å²) in [6.07, 6.45) is 2.85. The van der Waals surface area contributed by atoms with Crippen LogP contribution >= 0.6 is 11.3 Å². The Kier molecular flexibility index (Phi) is 2.25. The average Bonchev–Trinajstić information content (AvgIpc) is 2.86. The number of nitrogens with one attached hydrogen (secondary N) is 1. The summed E-state index contributed by atoms with van der Waals surface area (Å²) in [5, 5.41) is 0.638. The second-order valence-electron chi connectivity index (χ2n) is 3.97. The van der Waals surface area contributed by atoms with Gasteiger partial charge in [0.15, 0.2) is 0 Å². The Balaban J connectivity index is 2.24. The van der Waals surface area contributed by atoms with Gasteiger partial charge in [-0.1, -0.05) is 0 Å². The van der Waals surface area contributed by atoms with Crippen LogP contribution in [0.2, 0.25) is 0 Å². The van der Waals surface area contributed by atoms with Crippen LogP contribution < -0.4 is 5.56 Å². The molecule has 1 unspecified atom stereocenters. The monoisotopic (exact) mass is 250 g/mol. The van der Waals surface area contributed by atoms with E-state index < -0.39 is 0 Å². The van der Waals surface area contributed by atoms with Gasteiger partial charge in [0.05, 0.1) is 24.7 Å². The molecule has 0 saturated carbocycles. The van der Waals surface area contributed by atoms with Crippen molar-refractivity contribution < 1.29 is 9.53 Å². The Hall–Kier alpha value is -1.69. The molecule has 17 heavy (non-hydrogen) atoms. The molecule has 5 nitrogen and oxygen atoms in total. The molecular weight excluding hydrogens is 240 g/mol. The van der Waals surface area contributed by atoms with Crippen molar-refractivity contribution in [1.82, 2.24) is 9.97 Å². The minimum Gasteiger partial charge on any atom is -0.469 e. The Labute approximate surface area is 100 Å². The third-order valence-corrected chi connectivity index (χ3v) is 4.36. The predicted octanol–water partition coefficient (Wildman–Crippen LogP) is 1.19. The molecule has 2 heterocycles. The first-order chi connectivity index (χ1) is 8.22. The number of aromatic amines is 1. The summed E-state index contributed by atoms with van der Waals surface area (Å²) in [5.74, 6) is -0.458. The van der Waals surface area contributed by atoms with E-state index in [9.17, 15) is 9.59 Å². The average molecular weight is 250 g/mol. The van der Waals surface area contributed by atoms with Gasteiger partial charge in [-0.15, -0.1) is 11.3 Å². The molecule has 1 N–H and O–H groups in total. The third kappa shape index (κ3) is 1.40. The molecule has 88 valence electrons. The number of nitrogens with zero attached hydrogens (tertiary/aromatic N) is 1. The number of methoxy groups -OCH3 is 1. The van der Waals surface area contributed by atoms with E-state index in [1.54, 1.807) is 0 Å². The van der Waals surface area contributed by atoms with Gasteiger partial charge < -0.3 is 9.72 Å². The van der Waals surface area contributed by atoms with E-state index in [1.807, 2.05) is 0 Å². The van der Waals surface area contributed by atoms with Crippen molar-refractivity contribution >= 4 is 27.5 Å². The number of fused-ring (bicyclic) bond motifs is 3. The Morgan fingerprint density at radius 2 is 2.47 bits per heavy atom. The highest BCUT2D eigenvalue weighted by Gasteiger charge is 2.33. The topological polar surface area (TPSA) is 72.0 Å². The van der Waals surface area contributed by atoms with Gasteiger partial charge >= 0.3 is 5.97 Å². The smallest absolute Gasteiger partial charge is 0.313 e. The van der Waals surface area contributed by atoms with Crippen LogP contribution in [0.5, 0.6) is 0 Å². The molecule has 0 radical (unpaired) electrons. The predicted molar refractivity (Wildman–Crippen MR) is 63.3 cm³/mol. The van der Waals surface area contributed by atoms with Crippen molar-refractivity contribution in [2.45, 2.75) is 18.8 Å². The summed E-state index contributed by atoms with van der Waals surface area (Å²) in [6.45, 7) is 0. The maximum atomic E-state index is 11.7. The lowest BCUT2D eigenvalue weighted by molar-refractivity contribution is -0.142. The summed E-state index contributed by atoms with van der Waals surface area (Å²) in [6, 6.07) is 0. The van der Waals surface area contributed by atoms with Crippen LogP contribution in [0, 0.1) is 0 Å². The number of thiophene rings is 1. The van der Waals surface area contributed by atoms with E-state index in [4.69, 9.17) is 4.74 Å². The molecule has 1 aliphatic carbocycles. The number of hydrogen-bond donors (Lipinski definition) is 1. The van der Waals surface area contributed by atoms with E-state index in [0.717, 1.165) is 23.3 Å². The zero-order chi connectivity index (χ0) is 12.0. The molecule has 0 bridgehead atoms. The van der Waals surface area contributed by atoms with Gasteiger partial charge in [-0.2, -0.15) is 0 Å². The number of aryl methyl sites for hydroxylation is 1. The van der Waals surface area contributed by atoms with E-state index in [1.165, 1.54) is 24.8 Å². The van der Waals surface area contributed by atoms with Crippen LogP contribution in [-0.4, -0.2) is 23.0 Å². The standard InChI is InChI=1S/C11H10N2O3S/c1-16-11(15)6-3-2-5-7-9(14)12-4-13-10(7)17-8(5)6/h4,6H,2-3H2,1H3,(H,12,13,14). The molecule has 0 aliphatic heterocycles. The molecule has 3 rings (SSSR count). The highest BCUT2D eigenvalue weighted by Crippen LogP contribution is 2.42. The maximum absolute atomic E-state index is 11.7. The molecule has 0 fully saturated rings. The van der Waals surface area contributed by atoms with Gasteiger partial charge in [0.2, 0.25) is 0 Å². The van der Waals surface area contributed by atoms with Crippen LogP contribution in [0.4, 0.5) is 0 Å². The van der Waals surface area contributed by atoms with Crippen LogP contribution in [0.15, 0.2) is 11.1 Å². The highest BCUT2D eigenvalue weighted by atomic mass is 32.1. The summed E-state index contributed by atoms with van der Waals surface area (Å²) in [7, 11) is 1.39. The van der Waals surface area contributed by atoms with Gasteiger partial charge in [0.1, 0.15) is 4.83 Å². The number of carbonyl (C=O) groups excluding carboxylic acids is 1. The lowest BCUT2D eigenvalue weighted by Crippen LogP contribution is -2.10. The van der Waals surface area contributed by atoms with E-state index in [2.05, 4.69) is 9.97 Å². The second kappa shape index (κ2) is 3.66. The molecule has 2 aromatic heterocycles. The highest BCUT2D eigenvalue weighted by molar-refractivity contribution is 7.19. The van der Waals surface area contributed by atoms with Crippen LogP contribution in [0.3, 0.4) is 0 Å². The van der Waals surface area contributed by atoms with Crippen molar-refractivity contribution in [3.05, 3.63) is 27.1 Å². The van der Waals surface area contributed by atoms with Gasteiger partial charge in [-0.25, -0.2) is 4.98 Å². The quantitative estimate of drug-likeness (QED) is 0.772. The first kappa shape index (κ1) is 10.5. The summed E-state index contributed by atoms with van der Waals surface area (Å²) in [4.78, 5) is 31.7. The van der Waals surface area contributed by atoms with Gasteiger partial charge in [0, 0.05) is 4.88 Å². The van der Waals surface area contributed by atoms with E-state index in [0.29, 0.717) is 10.2 Å². The number of hydrogen-bond acceptors (Lipinski definition) is 5. The molecule has 6 heteroatoms. The fourth-order valence-corrected chi connectivity index (χ4v) is 3.65. The number of esters is 1. The minimum absolute atomic E-state index is 0.127. The molecular formula is C11H10N2O3S. The van der Waals surface area contributed by atoms with Crippen molar-refractivity contribution in [2.24, 2.45) is 0 Å². The van der Waals surface area contributed by atoms with Crippen molar-refractivity contribution in [1.29, 1.82) is 0 Å². The molecule has 2 aromatic rings. The SMILES string of the molecule is COC(=O)C1CCc2c1sc1nc[nH]c(=O)c21. The molecule has 1 atom stereocenters. The van der Waals surface area contributed by atoms with Crippen LogP contribution in [0.1, 0.15) is 22.8 Å². The molecule has 0 amide bonds. The van der Waals surface area contributed by atoms with Gasteiger partial charge in [0.25, 0.3) is 5.56 Å². The maximum Gasteiger partial charge on any atom is 0.313 e. The van der Waals surface area contributed by atoms with Crippen molar-refractivity contribution in [3.63, 3.8) is 0 Å². The first-order valence-electron chi connectivity index (χ1n) is 5.29. The fourth-order valence-electron chi connectivity index (χ4n) is 2.33. The molecule has 1 aliphatic rings. The fraction of sp³-hybridized carbons (Fsp3) is 0.364. The van der Waals surface area contributed by atoms with Crippen LogP contribution in [0.25, 0.3) is 10.2 Å². The number of carbonyl (C=O) groups is 1. The van der Waals surface area contributed by atoms with Gasteiger partial charge in [-0.3, -0.25) is 9.59 Å². The number of rotatable bonds is 1. The first-order valence-corrected chi connectivity index (χ1v) is 6.10. The van der Waals surface area contributed by atoms with Crippen molar-refractivity contribution in [3.8, 4) is 0 Å². The Morgan fingerprint density at radius 3 is 3.24 bits per heavy atom. The zero-order valence-corrected chi connectivity index (χ0v) is 9.97. The number of ether oxygens (including phenoxy) is 1. The lowest BCUT2D eigenvalue weighted by atomic mass is 10.1. The van der Waals surface area contributed by atoms with E-state index in [-0.39, 0.29) is 17.4 Å². The van der Waals surface area contributed by atoms with Crippen molar-refractivity contribution in [2.75, 3.05) is 7.11 Å². The zero-order valence-electron chi connectivity index (χ0n) is 9.15. The number of aromatic nitrogens is 2. The second-order valence-corrected chi connectivity index (χ2v) is 5.00. The molecule has 0 spiro atoms. The minimum atomic E-state index is -0.230. The number of H-pyrrole nitrogens is 1. The third-order valence-electron chi connectivity index (χ3n) is 3.11. The Bertz CT molecular complexity index is 658. The summed E-state index contributed by atoms with van der Waals surface area (Å²) >= 11 is 1.42. The van der Waals surface area contributed by atoms with E-state index >= 15 is 0 Å². The molecule has 0 saturated heterocycles. The largest absolute Gasteiger partial charge is 0.469 e. The Morgan fingerprint density at radius 1 is 1.65 bits per heavy atom. The van der Waals surface area contributed by atoms with Gasteiger partial charge in [-0.05, 0) is 18.4 Å². The summed E-state index contributed by atoms with van der Waals surface area (Å²) in [5.41, 5.74) is 0.841. The normalized spacial score (nSPS) is 18.3. The van der Waals surface area contributed by atoms with Crippen LogP contribution in [-0.2, 0) is 16.0 Å². The molecule has 0 aromatic carbocycles. The lowest BCUT2D eigenvalue weighted by Gasteiger charge is -2.05. The summed E-state index contributed by atoms with van der Waals surface area (Å²) < 4.78 is 4.78.